The van der Waals surface area contributed by atoms with Crippen LogP contribution in [0.3, 0.4) is 0 Å². The van der Waals surface area contributed by atoms with Crippen molar-refractivity contribution in [2.45, 2.75) is 70.3 Å². The second kappa shape index (κ2) is 4.92. The molecule has 3 heteroatoms. The zero-order valence-corrected chi connectivity index (χ0v) is 13.7. The molecule has 0 bridgehead atoms. The van der Waals surface area contributed by atoms with Crippen LogP contribution in [0.5, 0.6) is 0 Å². The van der Waals surface area contributed by atoms with Crippen molar-refractivity contribution in [3.8, 4) is 6.07 Å². The van der Waals surface area contributed by atoms with Crippen molar-refractivity contribution in [1.82, 2.24) is 0 Å². The van der Waals surface area contributed by atoms with Gasteiger partial charge in [0.1, 0.15) is 0 Å². The van der Waals surface area contributed by atoms with Gasteiger partial charge >= 0.3 is 0 Å². The van der Waals surface area contributed by atoms with Crippen LogP contribution in [-0.2, 0) is 4.79 Å². The van der Waals surface area contributed by atoms with E-state index in [2.05, 4.69) is 13.0 Å². The molecule has 0 spiro atoms. The topological polar surface area (TPSA) is 61.1 Å². The number of hydrogen-bond acceptors (Lipinski definition) is 3. The summed E-state index contributed by atoms with van der Waals surface area (Å²) in [6.07, 6.45) is 9.08. The van der Waals surface area contributed by atoms with Gasteiger partial charge in [-0.05, 0) is 73.3 Å². The van der Waals surface area contributed by atoms with Gasteiger partial charge < -0.3 is 5.11 Å². The summed E-state index contributed by atoms with van der Waals surface area (Å²) in [5.41, 5.74) is 5.88. The van der Waals surface area contributed by atoms with E-state index in [0.29, 0.717) is 12.8 Å². The van der Waals surface area contributed by atoms with E-state index < -0.39 is 5.60 Å². The van der Waals surface area contributed by atoms with E-state index in [1.54, 1.807) is 0 Å². The molecular weight excluding hydrogens is 286 g/mol. The number of allylic oxidation sites excluding steroid dienone is 5. The smallest absolute Gasteiger partial charge is 0.156 e. The number of aliphatic hydroxyl groups is 1. The summed E-state index contributed by atoms with van der Waals surface area (Å²) >= 11 is 0. The first kappa shape index (κ1) is 14.9. The van der Waals surface area contributed by atoms with Crippen molar-refractivity contribution in [1.29, 1.82) is 5.26 Å². The minimum absolute atomic E-state index is 0.228. The SMILES string of the molecule is C[C@]12CCC3=C4CCC(=O)C=C4CCC3=C1CC[C@@]2(O)CC#N. The molecule has 0 aliphatic heterocycles. The third-order valence-electron chi connectivity index (χ3n) is 6.81. The standard InChI is InChI=1S/C20H23NO2/c1-19-8-6-16-15-5-3-14(22)12-13(15)2-4-17(16)18(19)7-9-20(19,23)10-11-21/h12,23H,2-10H2,1H3/t19-,20+/m0/s1. The fraction of sp³-hybridized carbons (Fsp3) is 0.600. The van der Waals surface area contributed by atoms with Crippen molar-refractivity contribution in [3.05, 3.63) is 33.9 Å². The summed E-state index contributed by atoms with van der Waals surface area (Å²) in [6, 6.07) is 2.20. The molecule has 23 heavy (non-hydrogen) atoms. The molecule has 0 aromatic heterocycles. The minimum Gasteiger partial charge on any atom is -0.388 e. The van der Waals surface area contributed by atoms with Crippen LogP contribution in [0.25, 0.3) is 0 Å². The van der Waals surface area contributed by atoms with Gasteiger partial charge in [0.05, 0.1) is 18.1 Å². The molecule has 1 N–H and O–H groups in total. The molecular formula is C20H23NO2. The second-order valence-electron chi connectivity index (χ2n) is 7.75. The van der Waals surface area contributed by atoms with Crippen LogP contribution in [0, 0.1) is 16.7 Å². The third-order valence-corrected chi connectivity index (χ3v) is 6.81. The molecule has 3 nitrogen and oxygen atoms in total. The highest BCUT2D eigenvalue weighted by Crippen LogP contribution is 2.61. The lowest BCUT2D eigenvalue weighted by Crippen LogP contribution is -2.44. The molecule has 0 saturated heterocycles. The predicted octanol–water partition coefficient (Wildman–Crippen LogP) is 3.90. The van der Waals surface area contributed by atoms with Gasteiger partial charge in [-0.1, -0.05) is 12.5 Å². The van der Waals surface area contributed by atoms with Gasteiger partial charge in [-0.25, -0.2) is 0 Å². The van der Waals surface area contributed by atoms with Gasteiger partial charge in [-0.2, -0.15) is 5.26 Å². The summed E-state index contributed by atoms with van der Waals surface area (Å²) in [5, 5.41) is 20.2. The van der Waals surface area contributed by atoms with Gasteiger partial charge in [-0.3, -0.25) is 4.79 Å². The van der Waals surface area contributed by atoms with Crippen molar-refractivity contribution < 1.29 is 9.90 Å². The van der Waals surface area contributed by atoms with Crippen LogP contribution in [-0.4, -0.2) is 16.5 Å². The van der Waals surface area contributed by atoms with Gasteiger partial charge in [0.15, 0.2) is 5.78 Å². The van der Waals surface area contributed by atoms with Crippen molar-refractivity contribution in [3.63, 3.8) is 0 Å². The van der Waals surface area contributed by atoms with Crippen molar-refractivity contribution in [2.75, 3.05) is 0 Å². The number of nitriles is 1. The van der Waals surface area contributed by atoms with Gasteiger partial charge in [0, 0.05) is 11.8 Å². The third kappa shape index (κ3) is 1.94. The predicted molar refractivity (Wildman–Crippen MR) is 87.4 cm³/mol. The molecule has 4 aliphatic rings. The van der Waals surface area contributed by atoms with Gasteiger partial charge in [-0.15, -0.1) is 0 Å². The largest absolute Gasteiger partial charge is 0.388 e. The van der Waals surface area contributed by atoms with Gasteiger partial charge in [0.2, 0.25) is 0 Å². The highest BCUT2D eigenvalue weighted by Gasteiger charge is 2.56. The molecule has 0 unspecified atom stereocenters. The Labute approximate surface area is 137 Å². The maximum absolute atomic E-state index is 11.7. The molecule has 4 rings (SSSR count). The Morgan fingerprint density at radius 2 is 1.87 bits per heavy atom. The van der Waals surface area contributed by atoms with Crippen molar-refractivity contribution in [2.24, 2.45) is 5.41 Å². The average Bonchev–Trinajstić information content (AvgIpc) is 2.79. The second-order valence-corrected chi connectivity index (χ2v) is 7.75. The Balaban J connectivity index is 1.84. The number of ketones is 1. The molecule has 0 aromatic rings. The monoisotopic (exact) mass is 309 g/mol. The van der Waals surface area contributed by atoms with Crippen LogP contribution in [0.2, 0.25) is 0 Å². The van der Waals surface area contributed by atoms with E-state index in [9.17, 15) is 9.90 Å². The summed E-state index contributed by atoms with van der Waals surface area (Å²) < 4.78 is 0. The lowest BCUT2D eigenvalue weighted by Gasteiger charge is -2.45. The first-order valence-corrected chi connectivity index (χ1v) is 8.76. The molecule has 1 fully saturated rings. The lowest BCUT2D eigenvalue weighted by atomic mass is 9.61. The van der Waals surface area contributed by atoms with Crippen LogP contribution in [0.4, 0.5) is 0 Å². The molecule has 4 aliphatic carbocycles. The highest BCUT2D eigenvalue weighted by atomic mass is 16.3. The number of nitrogens with zero attached hydrogens (tertiary/aromatic N) is 1. The maximum Gasteiger partial charge on any atom is 0.156 e. The Hall–Kier alpha value is -1.66. The van der Waals surface area contributed by atoms with E-state index in [1.165, 1.54) is 27.9 Å². The molecule has 1 saturated carbocycles. The normalized spacial score (nSPS) is 36.2. The number of carbonyl (C=O) groups excluding carboxylic acids is 1. The molecule has 2 atom stereocenters. The quantitative estimate of drug-likeness (QED) is 0.799. The zero-order chi connectivity index (χ0) is 16.2. The Morgan fingerprint density at radius 1 is 1.09 bits per heavy atom. The Morgan fingerprint density at radius 3 is 2.65 bits per heavy atom. The Bertz CT molecular complexity index is 733. The fourth-order valence-corrected chi connectivity index (χ4v) is 5.38. The molecule has 0 aromatic carbocycles. The summed E-state index contributed by atoms with van der Waals surface area (Å²) in [7, 11) is 0. The first-order chi connectivity index (χ1) is 11.0. The summed E-state index contributed by atoms with van der Waals surface area (Å²) in [5.74, 6) is 0.269. The summed E-state index contributed by atoms with van der Waals surface area (Å²) in [6.45, 7) is 2.16. The van der Waals surface area contributed by atoms with Crippen LogP contribution >= 0.6 is 0 Å². The molecule has 0 amide bonds. The van der Waals surface area contributed by atoms with Crippen LogP contribution in [0.1, 0.15) is 64.7 Å². The van der Waals surface area contributed by atoms with E-state index in [-0.39, 0.29) is 17.6 Å². The Kier molecular flexibility index (Phi) is 3.19. The highest BCUT2D eigenvalue weighted by molar-refractivity contribution is 5.93. The summed E-state index contributed by atoms with van der Waals surface area (Å²) in [4.78, 5) is 11.7. The first-order valence-electron chi connectivity index (χ1n) is 8.76. The van der Waals surface area contributed by atoms with Crippen molar-refractivity contribution >= 4 is 5.78 Å². The van der Waals surface area contributed by atoms with E-state index in [4.69, 9.17) is 5.26 Å². The van der Waals surface area contributed by atoms with Crippen LogP contribution < -0.4 is 0 Å². The van der Waals surface area contributed by atoms with E-state index in [0.717, 1.165) is 38.5 Å². The average molecular weight is 309 g/mol. The molecule has 0 radical (unpaired) electrons. The number of rotatable bonds is 1. The maximum atomic E-state index is 11.7. The molecule has 0 heterocycles. The minimum atomic E-state index is -0.862. The number of fused-ring (bicyclic) bond motifs is 3. The number of hydrogen-bond donors (Lipinski definition) is 1. The zero-order valence-electron chi connectivity index (χ0n) is 13.7. The van der Waals surface area contributed by atoms with E-state index in [1.807, 2.05) is 6.08 Å². The van der Waals surface area contributed by atoms with E-state index >= 15 is 0 Å². The number of carbonyl (C=O) groups is 1. The fourth-order valence-electron chi connectivity index (χ4n) is 5.38. The molecule has 120 valence electrons. The lowest BCUT2D eigenvalue weighted by molar-refractivity contribution is -0.114. The van der Waals surface area contributed by atoms with Crippen LogP contribution in [0.15, 0.2) is 33.9 Å². The van der Waals surface area contributed by atoms with Gasteiger partial charge in [0.25, 0.3) is 0 Å².